The van der Waals surface area contributed by atoms with Gasteiger partial charge in [0.05, 0.1) is 16.6 Å². The molecule has 5 aromatic carbocycles. The summed E-state index contributed by atoms with van der Waals surface area (Å²) < 4.78 is 2.47. The number of H-pyrrole nitrogens is 1. The zero-order chi connectivity index (χ0) is 21.5. The molecule has 2 heteroatoms. The van der Waals surface area contributed by atoms with E-state index in [1.807, 2.05) is 0 Å². The summed E-state index contributed by atoms with van der Waals surface area (Å²) in [7, 11) is 0. The lowest BCUT2D eigenvalue weighted by Gasteiger charge is -2.12. The first-order valence-electron chi connectivity index (χ1n) is 11.5. The zero-order valence-electron chi connectivity index (χ0n) is 18.0. The Kier molecular flexibility index (Phi) is 3.22. The molecule has 0 saturated carbocycles. The molecule has 7 aromatic rings. The summed E-state index contributed by atoms with van der Waals surface area (Å²) in [5.41, 5.74) is 11.8. The summed E-state index contributed by atoms with van der Waals surface area (Å²) in [5, 5.41) is 5.28. The molecule has 0 radical (unpaired) electrons. The van der Waals surface area contributed by atoms with Crippen molar-refractivity contribution in [2.75, 3.05) is 0 Å². The van der Waals surface area contributed by atoms with E-state index < -0.39 is 0 Å². The van der Waals surface area contributed by atoms with E-state index in [0.29, 0.717) is 0 Å². The van der Waals surface area contributed by atoms with Gasteiger partial charge in [-0.3, -0.25) is 0 Å². The minimum absolute atomic E-state index is 0.959. The number of nitrogens with zero attached hydrogens (tertiary/aromatic N) is 1. The lowest BCUT2D eigenvalue weighted by Crippen LogP contribution is -1.97. The SMILES string of the molecule is c1ccc(-n2c3ccccc3c3c4[nH]c5ccccc5c4c4c(c32)Cc2ccccc2-4)cc1. The fourth-order valence-corrected chi connectivity index (χ4v) is 6.06. The van der Waals surface area contributed by atoms with Crippen molar-refractivity contribution in [2.45, 2.75) is 6.42 Å². The molecule has 0 amide bonds. The van der Waals surface area contributed by atoms with Crippen LogP contribution in [-0.2, 0) is 6.42 Å². The van der Waals surface area contributed by atoms with Gasteiger partial charge in [-0.1, -0.05) is 78.9 Å². The molecule has 8 rings (SSSR count). The molecule has 2 heterocycles. The first-order valence-corrected chi connectivity index (χ1v) is 11.5. The summed E-state index contributed by atoms with van der Waals surface area (Å²) in [4.78, 5) is 3.83. The topological polar surface area (TPSA) is 20.7 Å². The lowest BCUT2D eigenvalue weighted by atomic mass is 9.96. The Labute approximate surface area is 190 Å². The maximum absolute atomic E-state index is 3.83. The average Bonchev–Trinajstić information content (AvgIpc) is 3.53. The number of benzene rings is 5. The number of hydrogen-bond acceptors (Lipinski definition) is 0. The van der Waals surface area contributed by atoms with Gasteiger partial charge >= 0.3 is 0 Å². The Hall–Kier alpha value is -4.30. The van der Waals surface area contributed by atoms with Gasteiger partial charge in [0.15, 0.2) is 0 Å². The van der Waals surface area contributed by atoms with Crippen LogP contribution >= 0.6 is 0 Å². The molecule has 0 atom stereocenters. The maximum atomic E-state index is 3.83. The van der Waals surface area contributed by atoms with Crippen molar-refractivity contribution < 1.29 is 0 Å². The van der Waals surface area contributed by atoms with Crippen LogP contribution in [0.15, 0.2) is 103 Å². The van der Waals surface area contributed by atoms with E-state index in [4.69, 9.17) is 0 Å². The Morgan fingerprint density at radius 3 is 2.27 bits per heavy atom. The first kappa shape index (κ1) is 17.3. The lowest BCUT2D eigenvalue weighted by molar-refractivity contribution is 1.15. The van der Waals surface area contributed by atoms with Gasteiger partial charge in [0.1, 0.15) is 0 Å². The average molecular weight is 421 g/mol. The highest BCUT2D eigenvalue weighted by Crippen LogP contribution is 2.50. The quantitative estimate of drug-likeness (QED) is 0.278. The largest absolute Gasteiger partial charge is 0.354 e. The number of aromatic nitrogens is 2. The van der Waals surface area contributed by atoms with Gasteiger partial charge in [0.25, 0.3) is 0 Å². The van der Waals surface area contributed by atoms with Gasteiger partial charge in [-0.25, -0.2) is 0 Å². The second-order valence-electron chi connectivity index (χ2n) is 9.02. The van der Waals surface area contributed by atoms with E-state index in [1.54, 1.807) is 0 Å². The molecular weight excluding hydrogens is 400 g/mol. The smallest absolute Gasteiger partial charge is 0.0604 e. The molecule has 0 spiro atoms. The molecule has 33 heavy (non-hydrogen) atoms. The molecule has 1 aliphatic carbocycles. The number of para-hydroxylation sites is 3. The molecule has 1 aliphatic rings. The van der Waals surface area contributed by atoms with E-state index in [-0.39, 0.29) is 0 Å². The standard InChI is InChI=1S/C31H20N2/c1-2-11-20(12-3-1)33-26-17-9-7-15-23(26)29-30-28(22-14-6-8-16-25(22)32-30)27-21-13-5-4-10-19(21)18-24(27)31(29)33/h1-17,32H,18H2. The van der Waals surface area contributed by atoms with Crippen LogP contribution in [0.4, 0.5) is 0 Å². The van der Waals surface area contributed by atoms with Crippen molar-refractivity contribution in [2.24, 2.45) is 0 Å². The van der Waals surface area contributed by atoms with Crippen molar-refractivity contribution >= 4 is 43.6 Å². The third kappa shape index (κ3) is 2.13. The summed E-state index contributed by atoms with van der Waals surface area (Å²) in [6, 6.07) is 37.3. The van der Waals surface area contributed by atoms with Crippen molar-refractivity contribution in [3.8, 4) is 16.8 Å². The molecule has 154 valence electrons. The number of hydrogen-bond donors (Lipinski definition) is 1. The third-order valence-electron chi connectivity index (χ3n) is 7.34. The van der Waals surface area contributed by atoms with Crippen LogP contribution in [0.2, 0.25) is 0 Å². The van der Waals surface area contributed by atoms with E-state index >= 15 is 0 Å². The summed E-state index contributed by atoms with van der Waals surface area (Å²) in [5.74, 6) is 0. The van der Waals surface area contributed by atoms with E-state index in [1.165, 1.54) is 71.6 Å². The minimum Gasteiger partial charge on any atom is -0.354 e. The second kappa shape index (κ2) is 6.14. The molecule has 0 saturated heterocycles. The van der Waals surface area contributed by atoms with Crippen LogP contribution in [-0.4, -0.2) is 9.55 Å². The maximum Gasteiger partial charge on any atom is 0.0604 e. The van der Waals surface area contributed by atoms with Crippen LogP contribution in [0.5, 0.6) is 0 Å². The van der Waals surface area contributed by atoms with Crippen LogP contribution in [0.3, 0.4) is 0 Å². The molecule has 0 unspecified atom stereocenters. The summed E-state index contributed by atoms with van der Waals surface area (Å²) in [6.45, 7) is 0. The van der Waals surface area contributed by atoms with Gasteiger partial charge in [-0.15, -0.1) is 0 Å². The molecule has 0 bridgehead atoms. The first-order chi connectivity index (χ1) is 16.4. The highest BCUT2D eigenvalue weighted by Gasteiger charge is 2.29. The number of rotatable bonds is 1. The highest BCUT2D eigenvalue weighted by atomic mass is 15.0. The van der Waals surface area contributed by atoms with Crippen LogP contribution in [0.25, 0.3) is 60.4 Å². The molecule has 2 nitrogen and oxygen atoms in total. The summed E-state index contributed by atoms with van der Waals surface area (Å²) >= 11 is 0. The van der Waals surface area contributed by atoms with Crippen LogP contribution < -0.4 is 0 Å². The fourth-order valence-electron chi connectivity index (χ4n) is 6.06. The van der Waals surface area contributed by atoms with Crippen LogP contribution in [0, 0.1) is 0 Å². The van der Waals surface area contributed by atoms with Gasteiger partial charge in [-0.2, -0.15) is 0 Å². The Morgan fingerprint density at radius 1 is 0.636 bits per heavy atom. The third-order valence-corrected chi connectivity index (χ3v) is 7.34. The van der Waals surface area contributed by atoms with E-state index in [0.717, 1.165) is 6.42 Å². The number of fused-ring (bicyclic) bond motifs is 12. The van der Waals surface area contributed by atoms with E-state index in [2.05, 4.69) is 113 Å². The van der Waals surface area contributed by atoms with Crippen molar-refractivity contribution in [3.63, 3.8) is 0 Å². The monoisotopic (exact) mass is 420 g/mol. The molecule has 1 N–H and O–H groups in total. The van der Waals surface area contributed by atoms with Crippen molar-refractivity contribution in [1.29, 1.82) is 0 Å². The van der Waals surface area contributed by atoms with Gasteiger partial charge in [-0.05, 0) is 46.5 Å². The van der Waals surface area contributed by atoms with Gasteiger partial charge in [0.2, 0.25) is 0 Å². The molecule has 0 fully saturated rings. The predicted octanol–water partition coefficient (Wildman–Crippen LogP) is 7.99. The van der Waals surface area contributed by atoms with Crippen molar-refractivity contribution in [3.05, 3.63) is 114 Å². The van der Waals surface area contributed by atoms with Gasteiger partial charge in [0, 0.05) is 39.2 Å². The normalized spacial score (nSPS) is 12.7. The molecule has 2 aromatic heterocycles. The summed E-state index contributed by atoms with van der Waals surface area (Å²) in [6.07, 6.45) is 0.959. The number of aromatic amines is 1. The second-order valence-corrected chi connectivity index (χ2v) is 9.02. The van der Waals surface area contributed by atoms with E-state index in [9.17, 15) is 0 Å². The zero-order valence-corrected chi connectivity index (χ0v) is 18.0. The van der Waals surface area contributed by atoms with Crippen LogP contribution in [0.1, 0.15) is 11.1 Å². The number of nitrogens with one attached hydrogen (secondary N) is 1. The predicted molar refractivity (Wildman–Crippen MR) is 138 cm³/mol. The fraction of sp³-hybridized carbons (Fsp3) is 0.0323. The van der Waals surface area contributed by atoms with Gasteiger partial charge < -0.3 is 9.55 Å². The Bertz CT molecular complexity index is 1880. The molecular formula is C31H20N2. The Morgan fingerprint density at radius 2 is 1.36 bits per heavy atom. The minimum atomic E-state index is 0.959. The van der Waals surface area contributed by atoms with Crippen molar-refractivity contribution in [1.82, 2.24) is 9.55 Å². The molecule has 0 aliphatic heterocycles. The Balaban J connectivity index is 1.72. The highest BCUT2D eigenvalue weighted by molar-refractivity contribution is 6.30.